The summed E-state index contributed by atoms with van der Waals surface area (Å²) in [6.07, 6.45) is 2.02. The van der Waals surface area contributed by atoms with E-state index in [1.54, 1.807) is 23.9 Å². The number of hydrogen-bond donors (Lipinski definition) is 2. The first kappa shape index (κ1) is 17.9. The molecule has 0 aromatic heterocycles. The first-order valence-corrected chi connectivity index (χ1v) is 9.52. The molecule has 1 aliphatic rings. The summed E-state index contributed by atoms with van der Waals surface area (Å²) in [6, 6.07) is 14.4. The first-order valence-electron chi connectivity index (χ1n) is 8.30. The van der Waals surface area contributed by atoms with E-state index in [4.69, 9.17) is 0 Å². The molecule has 3 rings (SSSR count). The van der Waals surface area contributed by atoms with Gasteiger partial charge in [-0.15, -0.1) is 11.8 Å². The highest BCUT2D eigenvalue weighted by atomic mass is 32.2. The zero-order valence-corrected chi connectivity index (χ0v) is 15.0. The molecule has 1 amide bonds. The molecule has 0 spiro atoms. The Morgan fingerprint density at radius 2 is 2.12 bits per heavy atom. The molecule has 0 bridgehead atoms. The third-order valence-electron chi connectivity index (χ3n) is 4.31. The van der Waals surface area contributed by atoms with E-state index in [0.717, 1.165) is 29.2 Å². The fourth-order valence-electron chi connectivity index (χ4n) is 3.04. The largest absolute Gasteiger partial charge is 0.325 e. The van der Waals surface area contributed by atoms with Crippen LogP contribution in [0.3, 0.4) is 0 Å². The summed E-state index contributed by atoms with van der Waals surface area (Å²) in [6.45, 7) is 2.56. The van der Waals surface area contributed by atoms with E-state index >= 15 is 0 Å². The summed E-state index contributed by atoms with van der Waals surface area (Å²) < 4.78 is 13.5. The number of amides is 1. The zero-order chi connectivity index (χ0) is 17.6. The van der Waals surface area contributed by atoms with Crippen molar-refractivity contribution in [3.05, 3.63) is 59.9 Å². The normalized spacial score (nSPS) is 18.1. The summed E-state index contributed by atoms with van der Waals surface area (Å²) in [5.41, 5.74) is 1.68. The fourth-order valence-corrected chi connectivity index (χ4v) is 3.45. The van der Waals surface area contributed by atoms with Crippen molar-refractivity contribution >= 4 is 23.4 Å². The average Bonchev–Trinajstić information content (AvgIpc) is 2.63. The maximum Gasteiger partial charge on any atom is 0.238 e. The third kappa shape index (κ3) is 4.81. The number of nitrogens with zero attached hydrogens (tertiary/aromatic N) is 1. The maximum atomic E-state index is 13.5. The van der Waals surface area contributed by atoms with Crippen molar-refractivity contribution in [2.24, 2.45) is 0 Å². The minimum absolute atomic E-state index is 0.00549. The lowest BCUT2D eigenvalue weighted by molar-refractivity contribution is -0.118. The molecule has 6 heteroatoms. The van der Waals surface area contributed by atoms with Gasteiger partial charge in [-0.25, -0.2) is 4.39 Å². The molecule has 25 heavy (non-hydrogen) atoms. The van der Waals surface area contributed by atoms with Crippen LogP contribution in [-0.2, 0) is 4.79 Å². The summed E-state index contributed by atoms with van der Waals surface area (Å²) in [5, 5.41) is 6.26. The van der Waals surface area contributed by atoms with Gasteiger partial charge in [0, 0.05) is 36.3 Å². The number of hydrogen-bond acceptors (Lipinski definition) is 4. The zero-order valence-electron chi connectivity index (χ0n) is 14.2. The number of piperazine rings is 1. The SMILES string of the molecule is CSc1ccc(NC(=O)CN2CCNCC2c2cccc(F)c2)cc1. The number of anilines is 1. The first-order chi connectivity index (χ1) is 12.2. The minimum Gasteiger partial charge on any atom is -0.325 e. The van der Waals surface area contributed by atoms with Crippen molar-refractivity contribution in [3.63, 3.8) is 0 Å². The Morgan fingerprint density at radius 3 is 2.84 bits per heavy atom. The van der Waals surface area contributed by atoms with Crippen LogP contribution in [0.25, 0.3) is 0 Å². The molecule has 1 unspecified atom stereocenters. The molecule has 1 heterocycles. The smallest absolute Gasteiger partial charge is 0.238 e. The second-order valence-electron chi connectivity index (χ2n) is 6.02. The van der Waals surface area contributed by atoms with Gasteiger partial charge in [-0.2, -0.15) is 0 Å². The number of nitrogens with one attached hydrogen (secondary N) is 2. The number of carbonyl (C=O) groups is 1. The molecule has 4 nitrogen and oxygen atoms in total. The Hall–Kier alpha value is -1.89. The highest BCUT2D eigenvalue weighted by molar-refractivity contribution is 7.98. The fraction of sp³-hybridized carbons (Fsp3) is 0.316. The number of rotatable bonds is 5. The maximum absolute atomic E-state index is 13.5. The summed E-state index contributed by atoms with van der Waals surface area (Å²) >= 11 is 1.67. The van der Waals surface area contributed by atoms with E-state index < -0.39 is 0 Å². The van der Waals surface area contributed by atoms with Gasteiger partial charge < -0.3 is 10.6 Å². The van der Waals surface area contributed by atoms with Crippen LogP contribution in [0, 0.1) is 5.82 Å². The third-order valence-corrected chi connectivity index (χ3v) is 5.05. The lowest BCUT2D eigenvalue weighted by Crippen LogP contribution is -2.48. The van der Waals surface area contributed by atoms with Gasteiger partial charge in [0.15, 0.2) is 0 Å². The van der Waals surface area contributed by atoms with Crippen molar-refractivity contribution in [1.82, 2.24) is 10.2 Å². The second-order valence-corrected chi connectivity index (χ2v) is 6.90. The second kappa shape index (κ2) is 8.47. The van der Waals surface area contributed by atoms with Gasteiger partial charge in [0.1, 0.15) is 5.82 Å². The lowest BCUT2D eigenvalue weighted by atomic mass is 10.0. The van der Waals surface area contributed by atoms with E-state index in [-0.39, 0.29) is 24.3 Å². The monoisotopic (exact) mass is 359 g/mol. The van der Waals surface area contributed by atoms with Gasteiger partial charge in [0.2, 0.25) is 5.91 Å². The molecule has 1 fully saturated rings. The number of halogens is 1. The number of carbonyl (C=O) groups excluding carboxylic acids is 1. The van der Waals surface area contributed by atoms with Crippen LogP contribution in [0.5, 0.6) is 0 Å². The van der Waals surface area contributed by atoms with Crippen LogP contribution in [0.2, 0.25) is 0 Å². The van der Waals surface area contributed by atoms with E-state index in [1.807, 2.05) is 36.6 Å². The van der Waals surface area contributed by atoms with Gasteiger partial charge in [0.25, 0.3) is 0 Å². The van der Waals surface area contributed by atoms with E-state index in [0.29, 0.717) is 6.54 Å². The molecule has 0 aliphatic carbocycles. The summed E-state index contributed by atoms with van der Waals surface area (Å²) in [7, 11) is 0. The Labute approximate surface area is 151 Å². The van der Waals surface area contributed by atoms with Gasteiger partial charge in [-0.05, 0) is 48.2 Å². The van der Waals surface area contributed by atoms with Crippen molar-refractivity contribution < 1.29 is 9.18 Å². The van der Waals surface area contributed by atoms with Crippen LogP contribution < -0.4 is 10.6 Å². The van der Waals surface area contributed by atoms with Crippen molar-refractivity contribution in [3.8, 4) is 0 Å². The summed E-state index contributed by atoms with van der Waals surface area (Å²) in [4.78, 5) is 15.7. The van der Waals surface area contributed by atoms with Crippen molar-refractivity contribution in [2.75, 3.05) is 37.8 Å². The molecule has 2 aromatic rings. The molecular weight excluding hydrogens is 337 g/mol. The predicted octanol–water partition coefficient (Wildman–Crippen LogP) is 3.13. The highest BCUT2D eigenvalue weighted by Crippen LogP contribution is 2.23. The van der Waals surface area contributed by atoms with Gasteiger partial charge >= 0.3 is 0 Å². The van der Waals surface area contributed by atoms with Crippen molar-refractivity contribution in [2.45, 2.75) is 10.9 Å². The molecule has 1 saturated heterocycles. The van der Waals surface area contributed by atoms with E-state index in [9.17, 15) is 9.18 Å². The van der Waals surface area contributed by atoms with Gasteiger partial charge in [-0.1, -0.05) is 12.1 Å². The van der Waals surface area contributed by atoms with Gasteiger partial charge in [-0.3, -0.25) is 9.69 Å². The minimum atomic E-state index is -0.249. The Balaban J connectivity index is 1.65. The molecule has 1 atom stereocenters. The average molecular weight is 359 g/mol. The Bertz CT molecular complexity index is 723. The van der Waals surface area contributed by atoms with Crippen molar-refractivity contribution in [1.29, 1.82) is 0 Å². The Kier molecular flexibility index (Phi) is 6.07. The van der Waals surface area contributed by atoms with Crippen LogP contribution in [0.15, 0.2) is 53.4 Å². The molecular formula is C19H22FN3OS. The van der Waals surface area contributed by atoms with Crippen LogP contribution in [0.1, 0.15) is 11.6 Å². The molecule has 0 saturated carbocycles. The highest BCUT2D eigenvalue weighted by Gasteiger charge is 2.25. The van der Waals surface area contributed by atoms with Crippen LogP contribution in [-0.4, -0.2) is 43.2 Å². The molecule has 132 valence electrons. The van der Waals surface area contributed by atoms with Gasteiger partial charge in [0.05, 0.1) is 6.54 Å². The lowest BCUT2D eigenvalue weighted by Gasteiger charge is -2.36. The molecule has 1 aliphatic heterocycles. The predicted molar refractivity (Wildman–Crippen MR) is 100 cm³/mol. The number of thioether (sulfide) groups is 1. The van der Waals surface area contributed by atoms with E-state index in [2.05, 4.69) is 15.5 Å². The number of benzene rings is 2. The topological polar surface area (TPSA) is 44.4 Å². The molecule has 2 N–H and O–H groups in total. The van der Waals surface area contributed by atoms with E-state index in [1.165, 1.54) is 6.07 Å². The van der Waals surface area contributed by atoms with Crippen LogP contribution in [0.4, 0.5) is 10.1 Å². The quantitative estimate of drug-likeness (QED) is 0.805. The van der Waals surface area contributed by atoms with Crippen LogP contribution >= 0.6 is 11.8 Å². The molecule has 0 radical (unpaired) electrons. The molecule has 2 aromatic carbocycles. The standard InChI is InChI=1S/C19H22FN3OS/c1-25-17-7-5-16(6-8-17)22-19(24)13-23-10-9-21-12-18(23)14-3-2-4-15(20)11-14/h2-8,11,18,21H,9-10,12-13H2,1H3,(H,22,24). The summed E-state index contributed by atoms with van der Waals surface area (Å²) in [5.74, 6) is -0.304. The Morgan fingerprint density at radius 1 is 1.32 bits per heavy atom.